The number of rotatable bonds is 11. The van der Waals surface area contributed by atoms with Crippen molar-refractivity contribution in [2.45, 2.75) is 39.2 Å². The molecule has 0 rings (SSSR count). The van der Waals surface area contributed by atoms with E-state index in [9.17, 15) is 8.42 Å². The van der Waals surface area contributed by atoms with Gasteiger partial charge in [0.15, 0.2) is 0 Å². The van der Waals surface area contributed by atoms with Crippen LogP contribution in [-0.4, -0.2) is 56.8 Å². The second-order valence-corrected chi connectivity index (χ2v) is 7.19. The fourth-order valence-corrected chi connectivity index (χ4v) is 2.81. The number of nitrogens with zero attached hydrogens (tertiary/aromatic N) is 2. The molecule has 0 aromatic rings. The highest BCUT2D eigenvalue weighted by molar-refractivity contribution is 7.86. The molecule has 0 atom stereocenters. The Bertz CT molecular complexity index is 342. The van der Waals surface area contributed by atoms with E-state index in [1.807, 2.05) is 6.08 Å². The van der Waals surface area contributed by atoms with Gasteiger partial charge >= 0.3 is 0 Å². The standard InChI is InChI=1S/C13H29N3O2S/c1-6-7-8-11-15(4)19(17,18)16(5)12-9-10-14-13(2)3/h6,13-14H,1,7-12H2,2-5H3. The zero-order valence-electron chi connectivity index (χ0n) is 12.7. The van der Waals surface area contributed by atoms with Crippen molar-refractivity contribution in [3.8, 4) is 0 Å². The highest BCUT2D eigenvalue weighted by atomic mass is 32.2. The predicted molar refractivity (Wildman–Crippen MR) is 81.4 cm³/mol. The molecular formula is C13H29N3O2S. The van der Waals surface area contributed by atoms with Gasteiger partial charge in [0.25, 0.3) is 10.2 Å². The van der Waals surface area contributed by atoms with Gasteiger partial charge in [-0.3, -0.25) is 0 Å². The smallest absolute Gasteiger partial charge is 0.281 e. The van der Waals surface area contributed by atoms with Crippen LogP contribution in [0.2, 0.25) is 0 Å². The fraction of sp³-hybridized carbons (Fsp3) is 0.846. The van der Waals surface area contributed by atoms with Crippen molar-refractivity contribution < 1.29 is 8.42 Å². The number of hydrogen-bond donors (Lipinski definition) is 1. The molecule has 0 saturated heterocycles. The van der Waals surface area contributed by atoms with Crippen molar-refractivity contribution in [3.63, 3.8) is 0 Å². The topological polar surface area (TPSA) is 52.7 Å². The second kappa shape index (κ2) is 9.47. The molecule has 0 unspecified atom stereocenters. The molecule has 0 heterocycles. The van der Waals surface area contributed by atoms with Gasteiger partial charge in [0.05, 0.1) is 0 Å². The molecule has 6 heteroatoms. The maximum Gasteiger partial charge on any atom is 0.281 e. The van der Waals surface area contributed by atoms with Gasteiger partial charge in [0.2, 0.25) is 0 Å². The lowest BCUT2D eigenvalue weighted by Crippen LogP contribution is -2.41. The molecular weight excluding hydrogens is 262 g/mol. The second-order valence-electron chi connectivity index (χ2n) is 5.04. The van der Waals surface area contributed by atoms with Gasteiger partial charge in [-0.25, -0.2) is 0 Å². The first-order valence-corrected chi connectivity index (χ1v) is 8.24. The average molecular weight is 291 g/mol. The number of unbranched alkanes of at least 4 members (excludes halogenated alkanes) is 1. The van der Waals surface area contributed by atoms with Crippen molar-refractivity contribution in [3.05, 3.63) is 12.7 Å². The molecule has 0 aliphatic rings. The Hall–Kier alpha value is -0.430. The molecule has 0 aliphatic carbocycles. The van der Waals surface area contributed by atoms with E-state index in [0.29, 0.717) is 19.1 Å². The normalized spacial score (nSPS) is 12.6. The molecule has 5 nitrogen and oxygen atoms in total. The van der Waals surface area contributed by atoms with Crippen molar-refractivity contribution >= 4 is 10.2 Å². The molecule has 0 saturated carbocycles. The molecule has 0 bridgehead atoms. The number of allylic oxidation sites excluding steroid dienone is 1. The summed E-state index contributed by atoms with van der Waals surface area (Å²) < 4.78 is 27.1. The minimum Gasteiger partial charge on any atom is -0.314 e. The molecule has 0 aliphatic heterocycles. The minimum atomic E-state index is -3.32. The maximum absolute atomic E-state index is 12.2. The minimum absolute atomic E-state index is 0.434. The largest absolute Gasteiger partial charge is 0.314 e. The van der Waals surface area contributed by atoms with Gasteiger partial charge < -0.3 is 5.32 Å². The van der Waals surface area contributed by atoms with E-state index in [0.717, 1.165) is 25.8 Å². The van der Waals surface area contributed by atoms with E-state index in [-0.39, 0.29) is 0 Å². The van der Waals surface area contributed by atoms with Crippen LogP contribution in [0.5, 0.6) is 0 Å². The Labute approximate surface area is 118 Å². The number of nitrogens with one attached hydrogen (secondary N) is 1. The summed E-state index contributed by atoms with van der Waals surface area (Å²) in [6.45, 7) is 9.69. The third kappa shape index (κ3) is 7.67. The Morgan fingerprint density at radius 3 is 2.16 bits per heavy atom. The molecule has 0 aromatic heterocycles. The third-order valence-electron chi connectivity index (χ3n) is 2.87. The molecule has 0 radical (unpaired) electrons. The first-order valence-electron chi connectivity index (χ1n) is 6.84. The summed E-state index contributed by atoms with van der Waals surface area (Å²) in [6.07, 6.45) is 4.26. The van der Waals surface area contributed by atoms with Crippen LogP contribution in [0.3, 0.4) is 0 Å². The van der Waals surface area contributed by atoms with E-state index in [4.69, 9.17) is 0 Å². The van der Waals surface area contributed by atoms with E-state index >= 15 is 0 Å². The van der Waals surface area contributed by atoms with E-state index < -0.39 is 10.2 Å². The van der Waals surface area contributed by atoms with Crippen molar-refractivity contribution in [1.29, 1.82) is 0 Å². The van der Waals surface area contributed by atoms with Crippen LogP contribution < -0.4 is 5.32 Å². The molecule has 1 N–H and O–H groups in total. The van der Waals surface area contributed by atoms with Crippen LogP contribution in [0.1, 0.15) is 33.1 Å². The quantitative estimate of drug-likeness (QED) is 0.463. The lowest BCUT2D eigenvalue weighted by Gasteiger charge is -2.24. The van der Waals surface area contributed by atoms with Crippen LogP contribution in [0, 0.1) is 0 Å². The van der Waals surface area contributed by atoms with Gasteiger partial charge in [0, 0.05) is 33.2 Å². The first-order chi connectivity index (χ1) is 8.82. The summed E-state index contributed by atoms with van der Waals surface area (Å²) in [4.78, 5) is 0. The molecule has 19 heavy (non-hydrogen) atoms. The third-order valence-corrected chi connectivity index (χ3v) is 4.81. The van der Waals surface area contributed by atoms with Gasteiger partial charge in [-0.15, -0.1) is 6.58 Å². The lowest BCUT2D eigenvalue weighted by molar-refractivity contribution is 0.382. The first kappa shape index (κ1) is 18.6. The van der Waals surface area contributed by atoms with Crippen molar-refractivity contribution in [2.75, 3.05) is 33.7 Å². The van der Waals surface area contributed by atoms with Crippen molar-refractivity contribution in [1.82, 2.24) is 13.9 Å². The van der Waals surface area contributed by atoms with E-state index in [2.05, 4.69) is 25.7 Å². The van der Waals surface area contributed by atoms with Crippen LogP contribution in [0.15, 0.2) is 12.7 Å². The van der Waals surface area contributed by atoms with E-state index in [1.54, 1.807) is 14.1 Å². The zero-order chi connectivity index (χ0) is 14.9. The molecule has 0 fully saturated rings. The monoisotopic (exact) mass is 291 g/mol. The van der Waals surface area contributed by atoms with Gasteiger partial charge in [-0.1, -0.05) is 19.9 Å². The van der Waals surface area contributed by atoms with Gasteiger partial charge in [-0.05, 0) is 25.8 Å². The Balaban J connectivity index is 4.11. The predicted octanol–water partition coefficient (Wildman–Crippen LogP) is 1.45. The Kier molecular flexibility index (Phi) is 9.26. The lowest BCUT2D eigenvalue weighted by atomic mass is 10.3. The summed E-state index contributed by atoms with van der Waals surface area (Å²) in [5, 5.41) is 3.28. The zero-order valence-corrected chi connectivity index (χ0v) is 13.5. The molecule has 0 amide bonds. The van der Waals surface area contributed by atoms with Gasteiger partial charge in [0.1, 0.15) is 0 Å². The SMILES string of the molecule is C=CCCCN(C)S(=O)(=O)N(C)CCCNC(C)C. The summed E-state index contributed by atoms with van der Waals surface area (Å²) >= 11 is 0. The maximum atomic E-state index is 12.2. The van der Waals surface area contributed by atoms with Crippen LogP contribution in [0.25, 0.3) is 0 Å². The summed E-state index contributed by atoms with van der Waals surface area (Å²) in [5.74, 6) is 0. The van der Waals surface area contributed by atoms with Crippen LogP contribution >= 0.6 is 0 Å². The van der Waals surface area contributed by atoms with Crippen molar-refractivity contribution in [2.24, 2.45) is 0 Å². The summed E-state index contributed by atoms with van der Waals surface area (Å²) in [5.41, 5.74) is 0. The van der Waals surface area contributed by atoms with Crippen LogP contribution in [0.4, 0.5) is 0 Å². The molecule has 0 aromatic carbocycles. The van der Waals surface area contributed by atoms with E-state index in [1.165, 1.54) is 8.61 Å². The molecule has 114 valence electrons. The Morgan fingerprint density at radius 2 is 1.68 bits per heavy atom. The highest BCUT2D eigenvalue weighted by Gasteiger charge is 2.22. The molecule has 0 spiro atoms. The Morgan fingerprint density at radius 1 is 1.16 bits per heavy atom. The van der Waals surface area contributed by atoms with Crippen LogP contribution in [-0.2, 0) is 10.2 Å². The van der Waals surface area contributed by atoms with Gasteiger partial charge in [-0.2, -0.15) is 17.0 Å². The highest BCUT2D eigenvalue weighted by Crippen LogP contribution is 2.06. The average Bonchev–Trinajstić information content (AvgIpc) is 2.34. The number of hydrogen-bond acceptors (Lipinski definition) is 3. The summed E-state index contributed by atoms with van der Waals surface area (Å²) in [7, 11) is -0.0557. The fourth-order valence-electron chi connectivity index (χ4n) is 1.62. The summed E-state index contributed by atoms with van der Waals surface area (Å²) in [6, 6.07) is 0.434.